The number of nitrogens with zero attached hydrogens (tertiary/aromatic N) is 2. The first-order valence-corrected chi connectivity index (χ1v) is 6.90. The number of nitrogens with one attached hydrogen (secondary N) is 2. The van der Waals surface area contributed by atoms with Gasteiger partial charge in [0.05, 0.1) is 12.0 Å². The Morgan fingerprint density at radius 3 is 2.90 bits per heavy atom. The van der Waals surface area contributed by atoms with Crippen molar-refractivity contribution in [2.45, 2.75) is 38.1 Å². The third-order valence-corrected chi connectivity index (χ3v) is 4.09. The molecular formula is C15H18N4O. The molecule has 3 rings (SSSR count). The molecular weight excluding hydrogens is 252 g/mol. The number of hydrogen-bond acceptors (Lipinski definition) is 3. The number of carbonyl (C=O) groups is 1. The molecule has 0 aliphatic heterocycles. The van der Waals surface area contributed by atoms with Crippen molar-refractivity contribution in [2.24, 2.45) is 0 Å². The van der Waals surface area contributed by atoms with Crippen molar-refractivity contribution >= 4 is 5.91 Å². The Morgan fingerprint density at radius 2 is 2.30 bits per heavy atom. The molecule has 0 saturated heterocycles. The highest BCUT2D eigenvalue weighted by Gasteiger charge is 2.45. The van der Waals surface area contributed by atoms with E-state index in [2.05, 4.69) is 45.6 Å². The number of amides is 1. The predicted molar refractivity (Wildman–Crippen MR) is 74.9 cm³/mol. The van der Waals surface area contributed by atoms with Gasteiger partial charge in [0.1, 0.15) is 12.2 Å². The van der Waals surface area contributed by atoms with Gasteiger partial charge >= 0.3 is 0 Å². The van der Waals surface area contributed by atoms with Crippen LogP contribution in [0.5, 0.6) is 0 Å². The molecule has 0 bridgehead atoms. The summed E-state index contributed by atoms with van der Waals surface area (Å²) in [5, 5.41) is 9.50. The monoisotopic (exact) mass is 270 g/mol. The average molecular weight is 270 g/mol. The van der Waals surface area contributed by atoms with Crippen LogP contribution in [0, 0.1) is 6.92 Å². The number of benzene rings is 1. The molecule has 1 aliphatic rings. The van der Waals surface area contributed by atoms with Gasteiger partial charge in [-0.1, -0.05) is 36.2 Å². The van der Waals surface area contributed by atoms with Gasteiger partial charge in [-0.25, -0.2) is 4.98 Å². The van der Waals surface area contributed by atoms with Gasteiger partial charge in [-0.05, 0) is 25.3 Å². The first-order valence-electron chi connectivity index (χ1n) is 6.90. The Labute approximate surface area is 117 Å². The summed E-state index contributed by atoms with van der Waals surface area (Å²) >= 11 is 0. The molecule has 20 heavy (non-hydrogen) atoms. The van der Waals surface area contributed by atoms with Gasteiger partial charge in [0.15, 0.2) is 0 Å². The minimum absolute atomic E-state index is 0.0887. The van der Waals surface area contributed by atoms with E-state index in [0.29, 0.717) is 12.4 Å². The van der Waals surface area contributed by atoms with E-state index >= 15 is 0 Å². The normalized spacial score (nSPS) is 16.4. The van der Waals surface area contributed by atoms with Gasteiger partial charge in [-0.2, -0.15) is 5.10 Å². The second-order valence-electron chi connectivity index (χ2n) is 5.42. The number of hydrogen-bond donors (Lipinski definition) is 2. The van der Waals surface area contributed by atoms with Crippen LogP contribution in [0.15, 0.2) is 30.6 Å². The van der Waals surface area contributed by atoms with E-state index in [4.69, 9.17) is 0 Å². The van der Waals surface area contributed by atoms with Gasteiger partial charge < -0.3 is 5.32 Å². The van der Waals surface area contributed by atoms with E-state index in [0.717, 1.165) is 24.8 Å². The fourth-order valence-corrected chi connectivity index (χ4v) is 2.77. The molecule has 2 aromatic rings. The van der Waals surface area contributed by atoms with Crippen LogP contribution >= 0.6 is 0 Å². The quantitative estimate of drug-likeness (QED) is 0.890. The summed E-state index contributed by atoms with van der Waals surface area (Å²) in [6, 6.07) is 8.25. The first kappa shape index (κ1) is 12.8. The highest BCUT2D eigenvalue weighted by atomic mass is 16.2. The minimum Gasteiger partial charge on any atom is -0.348 e. The molecule has 0 unspecified atom stereocenters. The maximum atomic E-state index is 12.6. The molecule has 1 heterocycles. The fraction of sp³-hybridized carbons (Fsp3) is 0.400. The molecule has 1 aromatic heterocycles. The SMILES string of the molecule is Cc1cccc(C2(C(=O)NCc3ncn[nH]3)CCC2)c1. The van der Waals surface area contributed by atoms with Crippen LogP contribution in [0.4, 0.5) is 0 Å². The van der Waals surface area contributed by atoms with Crippen LogP contribution in [0.2, 0.25) is 0 Å². The van der Waals surface area contributed by atoms with Crippen molar-refractivity contribution < 1.29 is 4.79 Å². The molecule has 1 fully saturated rings. The molecule has 1 amide bonds. The summed E-state index contributed by atoms with van der Waals surface area (Å²) < 4.78 is 0. The van der Waals surface area contributed by atoms with E-state index in [9.17, 15) is 4.79 Å². The smallest absolute Gasteiger partial charge is 0.231 e. The zero-order valence-electron chi connectivity index (χ0n) is 11.5. The van der Waals surface area contributed by atoms with E-state index in [1.54, 1.807) is 0 Å². The van der Waals surface area contributed by atoms with Crippen molar-refractivity contribution in [3.63, 3.8) is 0 Å². The second-order valence-corrected chi connectivity index (χ2v) is 5.42. The summed E-state index contributed by atoms with van der Waals surface area (Å²) in [5.74, 6) is 0.766. The van der Waals surface area contributed by atoms with Gasteiger partial charge in [0.25, 0.3) is 0 Å². The van der Waals surface area contributed by atoms with Gasteiger partial charge in [0.2, 0.25) is 5.91 Å². The van der Waals surface area contributed by atoms with Crippen LogP contribution < -0.4 is 5.32 Å². The standard InChI is InChI=1S/C15H18N4O/c1-11-4-2-5-12(8-11)15(6-3-7-15)14(20)16-9-13-17-10-18-19-13/h2,4-5,8,10H,3,6-7,9H2,1H3,(H,16,20)(H,17,18,19). The third kappa shape index (κ3) is 2.19. The van der Waals surface area contributed by atoms with Crippen molar-refractivity contribution in [1.82, 2.24) is 20.5 Å². The molecule has 0 atom stereocenters. The van der Waals surface area contributed by atoms with Crippen molar-refractivity contribution in [3.05, 3.63) is 47.5 Å². The van der Waals surface area contributed by atoms with Crippen LogP contribution in [-0.4, -0.2) is 21.1 Å². The zero-order valence-corrected chi connectivity index (χ0v) is 11.5. The van der Waals surface area contributed by atoms with Gasteiger partial charge in [0, 0.05) is 0 Å². The summed E-state index contributed by atoms with van der Waals surface area (Å²) in [6.07, 6.45) is 4.38. The fourth-order valence-electron chi connectivity index (χ4n) is 2.77. The predicted octanol–water partition coefficient (Wildman–Crippen LogP) is 1.85. The number of H-pyrrole nitrogens is 1. The Kier molecular flexibility index (Phi) is 3.26. The van der Waals surface area contributed by atoms with Crippen LogP contribution in [0.3, 0.4) is 0 Å². The second kappa shape index (κ2) is 5.07. The molecule has 1 aliphatic carbocycles. The lowest BCUT2D eigenvalue weighted by Crippen LogP contribution is -2.49. The summed E-state index contributed by atoms with van der Waals surface area (Å²) in [6.45, 7) is 2.45. The van der Waals surface area contributed by atoms with E-state index in [1.165, 1.54) is 11.9 Å². The lowest BCUT2D eigenvalue weighted by Gasteiger charge is -2.40. The van der Waals surface area contributed by atoms with Crippen molar-refractivity contribution in [1.29, 1.82) is 0 Å². The largest absolute Gasteiger partial charge is 0.348 e. The zero-order chi connectivity index (χ0) is 14.0. The topological polar surface area (TPSA) is 70.7 Å². The Bertz CT molecular complexity index is 602. The molecule has 1 aromatic carbocycles. The maximum Gasteiger partial charge on any atom is 0.231 e. The summed E-state index contributed by atoms with van der Waals surface area (Å²) in [5.41, 5.74) is 1.96. The number of aromatic amines is 1. The number of carbonyl (C=O) groups excluding carboxylic acids is 1. The molecule has 5 heteroatoms. The number of rotatable bonds is 4. The minimum atomic E-state index is -0.355. The van der Waals surface area contributed by atoms with Crippen molar-refractivity contribution in [2.75, 3.05) is 0 Å². The van der Waals surface area contributed by atoms with Crippen LogP contribution in [0.1, 0.15) is 36.2 Å². The van der Waals surface area contributed by atoms with Gasteiger partial charge in [-0.3, -0.25) is 9.89 Å². The maximum absolute atomic E-state index is 12.6. The Hall–Kier alpha value is -2.17. The first-order chi connectivity index (χ1) is 9.71. The number of aryl methyl sites for hydroxylation is 1. The van der Waals surface area contributed by atoms with Crippen molar-refractivity contribution in [3.8, 4) is 0 Å². The number of aromatic nitrogens is 3. The lowest BCUT2D eigenvalue weighted by atomic mass is 9.63. The van der Waals surface area contributed by atoms with Gasteiger partial charge in [-0.15, -0.1) is 0 Å². The highest BCUT2D eigenvalue weighted by molar-refractivity contribution is 5.89. The third-order valence-electron chi connectivity index (χ3n) is 4.09. The molecule has 1 saturated carbocycles. The molecule has 0 radical (unpaired) electrons. The Balaban J connectivity index is 1.76. The van der Waals surface area contributed by atoms with E-state index in [-0.39, 0.29) is 11.3 Å². The lowest BCUT2D eigenvalue weighted by molar-refractivity contribution is -0.130. The molecule has 104 valence electrons. The van der Waals surface area contributed by atoms with E-state index < -0.39 is 0 Å². The van der Waals surface area contributed by atoms with Crippen LogP contribution in [0.25, 0.3) is 0 Å². The average Bonchev–Trinajstić information content (AvgIpc) is 2.88. The van der Waals surface area contributed by atoms with Crippen LogP contribution in [-0.2, 0) is 16.8 Å². The summed E-state index contributed by atoms with van der Waals surface area (Å²) in [4.78, 5) is 16.6. The summed E-state index contributed by atoms with van der Waals surface area (Å²) in [7, 11) is 0. The Morgan fingerprint density at radius 1 is 1.45 bits per heavy atom. The molecule has 0 spiro atoms. The highest BCUT2D eigenvalue weighted by Crippen LogP contribution is 2.44. The molecule has 5 nitrogen and oxygen atoms in total. The molecule has 2 N–H and O–H groups in total. The van der Waals surface area contributed by atoms with E-state index in [1.807, 2.05) is 6.07 Å².